The fourth-order valence-electron chi connectivity index (χ4n) is 4.09. The second-order valence-corrected chi connectivity index (χ2v) is 7.66. The van der Waals surface area contributed by atoms with E-state index in [-0.39, 0.29) is 5.91 Å². The van der Waals surface area contributed by atoms with Gasteiger partial charge in [0, 0.05) is 25.2 Å². The van der Waals surface area contributed by atoms with Crippen molar-refractivity contribution in [2.45, 2.75) is 44.9 Å². The lowest BCUT2D eigenvalue weighted by molar-refractivity contribution is 0.00181. The second-order valence-electron chi connectivity index (χ2n) is 7.66. The van der Waals surface area contributed by atoms with Crippen LogP contribution >= 0.6 is 0 Å². The van der Waals surface area contributed by atoms with Crippen molar-refractivity contribution in [2.75, 3.05) is 26.7 Å². The van der Waals surface area contributed by atoms with Crippen LogP contribution in [-0.2, 0) is 6.61 Å². The van der Waals surface area contributed by atoms with Crippen LogP contribution in [-0.4, -0.2) is 64.7 Å². The minimum atomic E-state index is -0.0132. The average Bonchev–Trinajstić information content (AvgIpc) is 3.16. The molecular formula is C21H28N4O3. The third kappa shape index (κ3) is 3.85. The van der Waals surface area contributed by atoms with Crippen LogP contribution in [0.4, 0.5) is 0 Å². The Hall–Kier alpha value is -2.54. The van der Waals surface area contributed by atoms with Gasteiger partial charge in [0.1, 0.15) is 6.61 Å². The maximum atomic E-state index is 12.7. The van der Waals surface area contributed by atoms with Gasteiger partial charge in [0.25, 0.3) is 5.91 Å². The minimum absolute atomic E-state index is 0.0132. The number of rotatable bonds is 6. The molecule has 1 aromatic carbocycles. The Labute approximate surface area is 165 Å². The molecule has 1 aromatic heterocycles. The molecule has 2 aliphatic rings. The van der Waals surface area contributed by atoms with Gasteiger partial charge in [0.15, 0.2) is 17.2 Å². The zero-order valence-corrected chi connectivity index (χ0v) is 16.6. The van der Waals surface area contributed by atoms with Crippen LogP contribution in [0, 0.1) is 0 Å². The third-order valence-corrected chi connectivity index (χ3v) is 5.78. The van der Waals surface area contributed by atoms with Crippen LogP contribution in [0.15, 0.2) is 30.3 Å². The zero-order valence-electron chi connectivity index (χ0n) is 16.6. The maximum Gasteiger partial charge on any atom is 0.274 e. The number of aromatic nitrogens is 2. The number of piperidine rings is 1. The number of nitrogens with zero attached hydrogens (tertiary/aromatic N) is 3. The number of ether oxygens (including phenoxy) is 2. The van der Waals surface area contributed by atoms with E-state index in [1.54, 1.807) is 13.2 Å². The zero-order chi connectivity index (χ0) is 19.5. The fourth-order valence-corrected chi connectivity index (χ4v) is 4.09. The number of nitrogens with one attached hydrogen (secondary N) is 1. The standard InChI is InChI=1S/C21H28N4O3/c1-15-7-5-6-10-25(15)17-12-24(13-17)21(26)18-11-16(22-23-18)14-28-20-9-4-3-8-19(20)27-2/h3-4,8-9,11,15,17H,5-7,10,12-14H2,1-2H3,(H,22,23). The van der Waals surface area contributed by atoms with E-state index in [0.717, 1.165) is 25.3 Å². The van der Waals surface area contributed by atoms with E-state index in [0.29, 0.717) is 35.9 Å². The highest BCUT2D eigenvalue weighted by Gasteiger charge is 2.38. The summed E-state index contributed by atoms with van der Waals surface area (Å²) in [5, 5.41) is 7.09. The van der Waals surface area contributed by atoms with Gasteiger partial charge in [0.2, 0.25) is 0 Å². The van der Waals surface area contributed by atoms with Crippen molar-refractivity contribution < 1.29 is 14.3 Å². The number of hydrogen-bond acceptors (Lipinski definition) is 5. The molecule has 4 rings (SSSR count). The van der Waals surface area contributed by atoms with Gasteiger partial charge in [-0.05, 0) is 44.5 Å². The summed E-state index contributed by atoms with van der Waals surface area (Å²) in [6.45, 7) is 5.34. The number of aromatic amines is 1. The molecule has 2 fully saturated rings. The minimum Gasteiger partial charge on any atom is -0.493 e. The van der Waals surface area contributed by atoms with Crippen molar-refractivity contribution in [1.82, 2.24) is 20.0 Å². The molecule has 0 saturated carbocycles. The third-order valence-electron chi connectivity index (χ3n) is 5.78. The van der Waals surface area contributed by atoms with Crippen molar-refractivity contribution in [3.8, 4) is 11.5 Å². The Morgan fingerprint density at radius 3 is 2.79 bits per heavy atom. The van der Waals surface area contributed by atoms with Gasteiger partial charge in [-0.25, -0.2) is 0 Å². The number of carbonyl (C=O) groups excluding carboxylic acids is 1. The highest BCUT2D eigenvalue weighted by atomic mass is 16.5. The summed E-state index contributed by atoms with van der Waals surface area (Å²) in [4.78, 5) is 17.1. The molecule has 150 valence electrons. The van der Waals surface area contributed by atoms with Crippen LogP contribution < -0.4 is 9.47 Å². The number of carbonyl (C=O) groups is 1. The summed E-state index contributed by atoms with van der Waals surface area (Å²) < 4.78 is 11.1. The molecule has 1 amide bonds. The fraction of sp³-hybridized carbons (Fsp3) is 0.524. The van der Waals surface area contributed by atoms with Gasteiger partial charge in [-0.2, -0.15) is 5.10 Å². The van der Waals surface area contributed by atoms with Gasteiger partial charge in [-0.1, -0.05) is 18.6 Å². The number of benzene rings is 1. The van der Waals surface area contributed by atoms with E-state index in [1.165, 1.54) is 19.3 Å². The molecule has 1 atom stereocenters. The molecule has 0 bridgehead atoms. The first kappa shape index (κ1) is 18.8. The largest absolute Gasteiger partial charge is 0.493 e. The molecule has 2 aliphatic heterocycles. The van der Waals surface area contributed by atoms with Crippen LogP contribution in [0.1, 0.15) is 42.4 Å². The van der Waals surface area contributed by atoms with E-state index in [9.17, 15) is 4.79 Å². The van der Waals surface area contributed by atoms with Crippen molar-refractivity contribution in [1.29, 1.82) is 0 Å². The smallest absolute Gasteiger partial charge is 0.274 e. The Balaban J connectivity index is 1.30. The maximum absolute atomic E-state index is 12.7. The quantitative estimate of drug-likeness (QED) is 0.829. The first-order chi connectivity index (χ1) is 13.7. The molecule has 2 saturated heterocycles. The summed E-state index contributed by atoms with van der Waals surface area (Å²) in [5.41, 5.74) is 1.21. The Morgan fingerprint density at radius 1 is 1.25 bits per heavy atom. The van der Waals surface area contributed by atoms with E-state index in [2.05, 4.69) is 22.0 Å². The van der Waals surface area contributed by atoms with Crippen LogP contribution in [0.5, 0.6) is 11.5 Å². The molecule has 1 N–H and O–H groups in total. The van der Waals surface area contributed by atoms with E-state index in [4.69, 9.17) is 9.47 Å². The van der Waals surface area contributed by atoms with E-state index < -0.39 is 0 Å². The van der Waals surface area contributed by atoms with Crippen molar-refractivity contribution in [3.63, 3.8) is 0 Å². The van der Waals surface area contributed by atoms with Gasteiger partial charge in [0.05, 0.1) is 12.8 Å². The molecule has 2 aromatic rings. The summed E-state index contributed by atoms with van der Waals surface area (Å²) in [6.07, 6.45) is 3.85. The highest BCUT2D eigenvalue weighted by molar-refractivity contribution is 5.93. The number of H-pyrrole nitrogens is 1. The topological polar surface area (TPSA) is 70.7 Å². The SMILES string of the molecule is COc1ccccc1OCc1cc(C(=O)N2CC(N3CCCCC3C)C2)n[nH]1. The molecule has 0 radical (unpaired) electrons. The number of amides is 1. The summed E-state index contributed by atoms with van der Waals surface area (Å²) in [5.74, 6) is 1.33. The van der Waals surface area contributed by atoms with Crippen LogP contribution in [0.25, 0.3) is 0 Å². The van der Waals surface area contributed by atoms with Crippen LogP contribution in [0.2, 0.25) is 0 Å². The molecule has 1 unspecified atom stereocenters. The molecule has 0 spiro atoms. The lowest BCUT2D eigenvalue weighted by atomic mass is 9.97. The first-order valence-corrected chi connectivity index (χ1v) is 10.0. The van der Waals surface area contributed by atoms with Crippen molar-refractivity contribution in [2.24, 2.45) is 0 Å². The summed E-state index contributed by atoms with van der Waals surface area (Å²) in [7, 11) is 1.61. The number of likely N-dealkylation sites (tertiary alicyclic amines) is 2. The molecule has 0 aliphatic carbocycles. The normalized spacial score (nSPS) is 20.6. The van der Waals surface area contributed by atoms with Crippen LogP contribution in [0.3, 0.4) is 0 Å². The van der Waals surface area contributed by atoms with Gasteiger partial charge in [-0.15, -0.1) is 0 Å². The lowest BCUT2D eigenvalue weighted by Crippen LogP contribution is -2.63. The second kappa shape index (κ2) is 8.22. The van der Waals surface area contributed by atoms with Gasteiger partial charge >= 0.3 is 0 Å². The number of hydrogen-bond donors (Lipinski definition) is 1. The molecular weight excluding hydrogens is 356 g/mol. The molecule has 7 nitrogen and oxygen atoms in total. The number of methoxy groups -OCH3 is 1. The lowest BCUT2D eigenvalue weighted by Gasteiger charge is -2.49. The number of para-hydroxylation sites is 2. The first-order valence-electron chi connectivity index (χ1n) is 10.0. The van der Waals surface area contributed by atoms with Crippen molar-refractivity contribution >= 4 is 5.91 Å². The monoisotopic (exact) mass is 384 g/mol. The van der Waals surface area contributed by atoms with E-state index >= 15 is 0 Å². The predicted octanol–water partition coefficient (Wildman–Crippen LogP) is 2.70. The Bertz CT molecular complexity index is 815. The molecule has 28 heavy (non-hydrogen) atoms. The Kier molecular flexibility index (Phi) is 5.52. The predicted molar refractivity (Wildman–Crippen MR) is 106 cm³/mol. The van der Waals surface area contributed by atoms with Crippen molar-refractivity contribution in [3.05, 3.63) is 41.7 Å². The molecule has 3 heterocycles. The van der Waals surface area contributed by atoms with Gasteiger partial charge < -0.3 is 14.4 Å². The molecule has 7 heteroatoms. The highest BCUT2D eigenvalue weighted by Crippen LogP contribution is 2.27. The average molecular weight is 384 g/mol. The Morgan fingerprint density at radius 2 is 2.04 bits per heavy atom. The van der Waals surface area contributed by atoms with Gasteiger partial charge in [-0.3, -0.25) is 14.8 Å². The van der Waals surface area contributed by atoms with E-state index in [1.807, 2.05) is 29.2 Å². The summed E-state index contributed by atoms with van der Waals surface area (Å²) >= 11 is 0. The summed E-state index contributed by atoms with van der Waals surface area (Å²) in [6, 6.07) is 10.4.